The standard InChI is InChI=1S/C10H9ClFNO/c11-6-2-1-3-7(12)10(6)8-4-5-9(14)13-8/h1-3,8H,4-5H2,(H,13,14)/t8-/m0/s1. The highest BCUT2D eigenvalue weighted by Crippen LogP contribution is 2.31. The van der Waals surface area contributed by atoms with Crippen LogP contribution < -0.4 is 5.32 Å². The first-order valence-electron chi connectivity index (χ1n) is 4.42. The summed E-state index contributed by atoms with van der Waals surface area (Å²) in [5.74, 6) is -0.404. The first kappa shape index (κ1) is 9.46. The predicted octanol–water partition coefficient (Wildman–Crippen LogP) is 2.43. The number of hydrogen-bond acceptors (Lipinski definition) is 1. The minimum absolute atomic E-state index is 0.0469. The first-order valence-corrected chi connectivity index (χ1v) is 4.79. The molecule has 0 spiro atoms. The van der Waals surface area contributed by atoms with E-state index in [-0.39, 0.29) is 17.8 Å². The summed E-state index contributed by atoms with van der Waals surface area (Å²) in [6.07, 6.45) is 1.05. The highest BCUT2D eigenvalue weighted by atomic mass is 35.5. The summed E-state index contributed by atoms with van der Waals surface area (Å²) in [7, 11) is 0. The van der Waals surface area contributed by atoms with Crippen molar-refractivity contribution < 1.29 is 9.18 Å². The fraction of sp³-hybridized carbons (Fsp3) is 0.300. The minimum atomic E-state index is -0.357. The van der Waals surface area contributed by atoms with Crippen LogP contribution in [-0.2, 0) is 4.79 Å². The first-order chi connectivity index (χ1) is 6.68. The van der Waals surface area contributed by atoms with Gasteiger partial charge in [0.1, 0.15) is 5.82 Å². The van der Waals surface area contributed by atoms with Crippen molar-refractivity contribution in [3.05, 3.63) is 34.6 Å². The van der Waals surface area contributed by atoms with Crippen molar-refractivity contribution >= 4 is 17.5 Å². The normalized spacial score (nSPS) is 21.0. The molecule has 0 aromatic heterocycles. The maximum Gasteiger partial charge on any atom is 0.220 e. The van der Waals surface area contributed by atoms with Gasteiger partial charge in [0.05, 0.1) is 6.04 Å². The van der Waals surface area contributed by atoms with E-state index in [0.717, 1.165) is 0 Å². The van der Waals surface area contributed by atoms with Gasteiger partial charge in [-0.3, -0.25) is 4.79 Å². The van der Waals surface area contributed by atoms with E-state index in [1.165, 1.54) is 6.07 Å². The Morgan fingerprint density at radius 1 is 1.50 bits per heavy atom. The molecule has 1 aliphatic heterocycles. The Balaban J connectivity index is 2.36. The zero-order valence-electron chi connectivity index (χ0n) is 7.39. The second kappa shape index (κ2) is 3.58. The van der Waals surface area contributed by atoms with E-state index in [0.29, 0.717) is 23.4 Å². The van der Waals surface area contributed by atoms with E-state index in [1.807, 2.05) is 0 Å². The topological polar surface area (TPSA) is 29.1 Å². The van der Waals surface area contributed by atoms with Crippen LogP contribution in [0.4, 0.5) is 4.39 Å². The van der Waals surface area contributed by atoms with E-state index in [1.54, 1.807) is 12.1 Å². The van der Waals surface area contributed by atoms with Gasteiger partial charge in [-0.1, -0.05) is 17.7 Å². The van der Waals surface area contributed by atoms with Crippen LogP contribution in [-0.4, -0.2) is 5.91 Å². The predicted molar refractivity (Wildman–Crippen MR) is 51.5 cm³/mol. The summed E-state index contributed by atoms with van der Waals surface area (Å²) in [5, 5.41) is 3.06. The summed E-state index contributed by atoms with van der Waals surface area (Å²) in [6, 6.07) is 4.27. The van der Waals surface area contributed by atoms with Crippen LogP contribution in [0.1, 0.15) is 24.4 Å². The second-order valence-corrected chi connectivity index (χ2v) is 3.70. The molecule has 1 N–H and O–H groups in total. The van der Waals surface area contributed by atoms with Crippen LogP contribution >= 0.6 is 11.6 Å². The molecule has 74 valence electrons. The molecule has 0 saturated carbocycles. The molecule has 2 rings (SSSR count). The second-order valence-electron chi connectivity index (χ2n) is 3.29. The Hall–Kier alpha value is -1.09. The van der Waals surface area contributed by atoms with Crippen molar-refractivity contribution in [2.75, 3.05) is 0 Å². The van der Waals surface area contributed by atoms with Gasteiger partial charge in [-0.05, 0) is 18.6 Å². The Labute approximate surface area is 86.1 Å². The molecule has 0 aliphatic carbocycles. The molecular formula is C10H9ClFNO. The minimum Gasteiger partial charge on any atom is -0.349 e. The van der Waals surface area contributed by atoms with Gasteiger partial charge in [-0.2, -0.15) is 0 Å². The van der Waals surface area contributed by atoms with Gasteiger partial charge >= 0.3 is 0 Å². The number of rotatable bonds is 1. The summed E-state index contributed by atoms with van der Waals surface area (Å²) in [4.78, 5) is 11.0. The lowest BCUT2D eigenvalue weighted by molar-refractivity contribution is -0.119. The van der Waals surface area contributed by atoms with E-state index in [4.69, 9.17) is 11.6 Å². The van der Waals surface area contributed by atoms with Crippen molar-refractivity contribution in [1.29, 1.82) is 0 Å². The van der Waals surface area contributed by atoms with Gasteiger partial charge in [0, 0.05) is 17.0 Å². The van der Waals surface area contributed by atoms with E-state index in [2.05, 4.69) is 5.32 Å². The number of carbonyl (C=O) groups is 1. The van der Waals surface area contributed by atoms with Crippen molar-refractivity contribution in [2.24, 2.45) is 0 Å². The third-order valence-electron chi connectivity index (χ3n) is 2.34. The summed E-state index contributed by atoms with van der Waals surface area (Å²) in [5.41, 5.74) is 0.403. The fourth-order valence-corrected chi connectivity index (χ4v) is 1.97. The van der Waals surface area contributed by atoms with Crippen LogP contribution in [0, 0.1) is 5.82 Å². The van der Waals surface area contributed by atoms with Gasteiger partial charge < -0.3 is 5.32 Å². The molecular weight excluding hydrogens is 205 g/mol. The average molecular weight is 214 g/mol. The lowest BCUT2D eigenvalue weighted by Gasteiger charge is -2.12. The maximum absolute atomic E-state index is 13.4. The number of halogens is 2. The Bertz CT molecular complexity index is 360. The zero-order chi connectivity index (χ0) is 10.1. The summed E-state index contributed by atoms with van der Waals surface area (Å²) < 4.78 is 13.4. The quantitative estimate of drug-likeness (QED) is 0.763. The Morgan fingerprint density at radius 2 is 2.29 bits per heavy atom. The van der Waals surface area contributed by atoms with E-state index < -0.39 is 0 Å². The van der Waals surface area contributed by atoms with E-state index >= 15 is 0 Å². The third-order valence-corrected chi connectivity index (χ3v) is 2.67. The molecule has 1 amide bonds. The lowest BCUT2D eigenvalue weighted by Crippen LogP contribution is -2.19. The third kappa shape index (κ3) is 1.60. The van der Waals surface area contributed by atoms with Gasteiger partial charge in [0.25, 0.3) is 0 Å². The zero-order valence-corrected chi connectivity index (χ0v) is 8.14. The molecule has 0 radical (unpaired) electrons. The molecule has 1 aromatic carbocycles. The van der Waals surface area contributed by atoms with Crippen molar-refractivity contribution in [2.45, 2.75) is 18.9 Å². The van der Waals surface area contributed by atoms with Crippen molar-refractivity contribution in [1.82, 2.24) is 5.32 Å². The molecule has 1 fully saturated rings. The smallest absolute Gasteiger partial charge is 0.220 e. The molecule has 1 atom stereocenters. The summed E-state index contributed by atoms with van der Waals surface area (Å²) in [6.45, 7) is 0. The van der Waals surface area contributed by atoms with Crippen LogP contribution in [0.15, 0.2) is 18.2 Å². The molecule has 1 saturated heterocycles. The molecule has 1 aromatic rings. The van der Waals surface area contributed by atoms with E-state index in [9.17, 15) is 9.18 Å². The average Bonchev–Trinajstić information content (AvgIpc) is 2.51. The van der Waals surface area contributed by atoms with Crippen molar-refractivity contribution in [3.8, 4) is 0 Å². The molecule has 1 heterocycles. The highest BCUT2D eigenvalue weighted by Gasteiger charge is 2.26. The van der Waals surface area contributed by atoms with Gasteiger partial charge in [0.15, 0.2) is 0 Å². The van der Waals surface area contributed by atoms with Crippen LogP contribution in [0.5, 0.6) is 0 Å². The Kier molecular flexibility index (Phi) is 2.42. The highest BCUT2D eigenvalue weighted by molar-refractivity contribution is 6.31. The Morgan fingerprint density at radius 3 is 2.86 bits per heavy atom. The summed E-state index contributed by atoms with van der Waals surface area (Å²) >= 11 is 5.87. The van der Waals surface area contributed by atoms with Crippen LogP contribution in [0.25, 0.3) is 0 Å². The molecule has 1 aliphatic rings. The largest absolute Gasteiger partial charge is 0.349 e. The molecule has 0 bridgehead atoms. The van der Waals surface area contributed by atoms with Crippen LogP contribution in [0.2, 0.25) is 5.02 Å². The fourth-order valence-electron chi connectivity index (χ4n) is 1.67. The SMILES string of the molecule is O=C1CC[C@@H](c2c(F)cccc2Cl)N1. The van der Waals surface area contributed by atoms with Gasteiger partial charge in [0.2, 0.25) is 5.91 Å². The molecule has 0 unspecified atom stereocenters. The molecule has 14 heavy (non-hydrogen) atoms. The number of amides is 1. The maximum atomic E-state index is 13.4. The lowest BCUT2D eigenvalue weighted by atomic mass is 10.0. The number of benzene rings is 1. The number of hydrogen-bond donors (Lipinski definition) is 1. The van der Waals surface area contributed by atoms with Crippen molar-refractivity contribution in [3.63, 3.8) is 0 Å². The monoisotopic (exact) mass is 213 g/mol. The van der Waals surface area contributed by atoms with Crippen LogP contribution in [0.3, 0.4) is 0 Å². The number of carbonyl (C=O) groups excluding carboxylic acids is 1. The molecule has 2 nitrogen and oxygen atoms in total. The number of nitrogens with one attached hydrogen (secondary N) is 1. The van der Waals surface area contributed by atoms with Gasteiger partial charge in [-0.25, -0.2) is 4.39 Å². The van der Waals surface area contributed by atoms with Gasteiger partial charge in [-0.15, -0.1) is 0 Å². The molecule has 4 heteroatoms.